The van der Waals surface area contributed by atoms with Gasteiger partial charge in [0.05, 0.1) is 11.1 Å². The second-order valence-electron chi connectivity index (χ2n) is 7.99. The van der Waals surface area contributed by atoms with E-state index < -0.39 is 0 Å². The molecule has 0 unspecified atom stereocenters. The fraction of sp³-hybridized carbons (Fsp3) is 0.348. The number of benzene rings is 1. The fourth-order valence-electron chi connectivity index (χ4n) is 2.53. The number of pyridine rings is 1. The standard InChI is InChI=1S/C20H21N3O4.3CH3.Al/c1-13(2)22-20(25)15-8-9-18(21-10-15)26-12-16-17(11-24)27-23-19(16)14-6-4-3-5-7-14;;;;/h3-10,13,24H,11-12H2,1-2H3,(H,22,25);3*1H3;. The highest BCUT2D eigenvalue weighted by Gasteiger charge is 2.18. The number of aromatic nitrogens is 2. The molecule has 0 radical (unpaired) electrons. The molecule has 0 saturated heterocycles. The Morgan fingerprint density at radius 2 is 1.84 bits per heavy atom. The molecule has 0 aliphatic carbocycles. The Balaban J connectivity index is 0.000000785. The summed E-state index contributed by atoms with van der Waals surface area (Å²) in [6.07, 6.45) is 1.46. The van der Waals surface area contributed by atoms with Crippen molar-refractivity contribution in [1.29, 1.82) is 0 Å². The Labute approximate surface area is 187 Å². The van der Waals surface area contributed by atoms with Crippen LogP contribution in [0.15, 0.2) is 53.2 Å². The van der Waals surface area contributed by atoms with Crippen LogP contribution in [0.1, 0.15) is 35.5 Å². The molecule has 0 saturated carbocycles. The van der Waals surface area contributed by atoms with E-state index in [1.807, 2.05) is 44.2 Å². The van der Waals surface area contributed by atoms with Crippen molar-refractivity contribution in [2.45, 2.75) is 50.5 Å². The lowest BCUT2D eigenvalue weighted by atomic mass is 10.1. The zero-order chi connectivity index (χ0) is 22.8. The second-order valence-corrected chi connectivity index (χ2v) is 11.5. The van der Waals surface area contributed by atoms with Gasteiger partial charge in [0.15, 0.2) is 5.76 Å². The van der Waals surface area contributed by atoms with Crippen molar-refractivity contribution in [3.63, 3.8) is 0 Å². The highest BCUT2D eigenvalue weighted by molar-refractivity contribution is 6.54. The molecule has 2 heterocycles. The van der Waals surface area contributed by atoms with Gasteiger partial charge in [-0.3, -0.25) is 4.79 Å². The SMILES string of the molecule is CC(C)NC(=O)c1ccc(OCc2c(-c3ccccc3)noc2CO)nc1.[CH3][Al]([CH3])[CH3]. The van der Waals surface area contributed by atoms with Crippen LogP contribution in [0.5, 0.6) is 5.88 Å². The van der Waals surface area contributed by atoms with Crippen LogP contribution in [-0.4, -0.2) is 41.3 Å². The maximum Gasteiger partial charge on any atom is 0.253 e. The highest BCUT2D eigenvalue weighted by Crippen LogP contribution is 2.26. The lowest BCUT2D eigenvalue weighted by Crippen LogP contribution is -2.30. The summed E-state index contributed by atoms with van der Waals surface area (Å²) in [6, 6.07) is 12.9. The van der Waals surface area contributed by atoms with Crippen LogP contribution in [0.25, 0.3) is 11.3 Å². The molecule has 164 valence electrons. The average molecular weight is 439 g/mol. The smallest absolute Gasteiger partial charge is 0.253 e. The number of carbonyl (C=O) groups is 1. The number of hydrogen-bond donors (Lipinski definition) is 2. The van der Waals surface area contributed by atoms with Crippen LogP contribution in [-0.2, 0) is 13.2 Å². The van der Waals surface area contributed by atoms with E-state index in [1.165, 1.54) is 6.20 Å². The summed E-state index contributed by atoms with van der Waals surface area (Å²) in [4.78, 5) is 16.1. The average Bonchev–Trinajstić information content (AvgIpc) is 3.15. The predicted molar refractivity (Wildman–Crippen MR) is 122 cm³/mol. The summed E-state index contributed by atoms with van der Waals surface area (Å²) >= 11 is -0.139. The van der Waals surface area contributed by atoms with Gasteiger partial charge in [-0.15, -0.1) is 17.4 Å². The monoisotopic (exact) mass is 439 g/mol. The van der Waals surface area contributed by atoms with E-state index in [4.69, 9.17) is 9.26 Å². The third-order valence-electron chi connectivity index (χ3n) is 3.84. The van der Waals surface area contributed by atoms with E-state index in [0.29, 0.717) is 28.5 Å². The molecule has 2 aromatic heterocycles. The lowest BCUT2D eigenvalue weighted by molar-refractivity contribution is 0.0942. The van der Waals surface area contributed by atoms with E-state index >= 15 is 0 Å². The Morgan fingerprint density at radius 1 is 1.16 bits per heavy atom. The van der Waals surface area contributed by atoms with E-state index in [9.17, 15) is 9.90 Å². The number of nitrogens with one attached hydrogen (secondary N) is 1. The van der Waals surface area contributed by atoms with Gasteiger partial charge in [0.25, 0.3) is 20.1 Å². The van der Waals surface area contributed by atoms with E-state index in [2.05, 4.69) is 32.8 Å². The van der Waals surface area contributed by atoms with Gasteiger partial charge in [-0.1, -0.05) is 35.5 Å². The van der Waals surface area contributed by atoms with Crippen LogP contribution in [0.4, 0.5) is 0 Å². The molecule has 1 aromatic carbocycles. The molecule has 0 bridgehead atoms. The van der Waals surface area contributed by atoms with Crippen molar-refractivity contribution in [3.8, 4) is 17.1 Å². The predicted octanol–water partition coefficient (Wildman–Crippen LogP) is 4.32. The molecule has 31 heavy (non-hydrogen) atoms. The molecule has 0 spiro atoms. The molecular weight excluding hydrogens is 409 g/mol. The lowest BCUT2D eigenvalue weighted by Gasteiger charge is -2.09. The maximum atomic E-state index is 12.0. The largest absolute Gasteiger partial charge is 0.473 e. The van der Waals surface area contributed by atoms with Gasteiger partial charge in [0.1, 0.15) is 18.9 Å². The number of ether oxygens (including phenoxy) is 1. The van der Waals surface area contributed by atoms with Crippen LogP contribution >= 0.6 is 0 Å². The van der Waals surface area contributed by atoms with Crippen molar-refractivity contribution in [2.24, 2.45) is 0 Å². The molecule has 3 aromatic rings. The number of rotatable bonds is 7. The molecule has 3 rings (SSSR count). The first-order valence-corrected chi connectivity index (χ1v) is 13.8. The van der Waals surface area contributed by atoms with Gasteiger partial charge in [0, 0.05) is 23.9 Å². The first kappa shape index (κ1) is 24.6. The minimum absolute atomic E-state index is 0.0512. The number of aliphatic hydroxyl groups excluding tert-OH is 1. The highest BCUT2D eigenvalue weighted by atomic mass is 27.2. The minimum Gasteiger partial charge on any atom is -0.473 e. The molecule has 0 fully saturated rings. The minimum atomic E-state index is -0.278. The Kier molecular flexibility index (Phi) is 9.73. The number of aliphatic hydroxyl groups is 1. The zero-order valence-electron chi connectivity index (χ0n) is 18.8. The number of carbonyl (C=O) groups excluding carboxylic acids is 1. The Hall–Kier alpha value is -2.66. The van der Waals surface area contributed by atoms with Gasteiger partial charge >= 0.3 is 0 Å². The number of hydrogen-bond acceptors (Lipinski definition) is 6. The van der Waals surface area contributed by atoms with Crippen molar-refractivity contribution >= 4 is 20.1 Å². The second kappa shape index (κ2) is 12.3. The number of amides is 1. The van der Waals surface area contributed by atoms with Crippen molar-refractivity contribution in [1.82, 2.24) is 15.5 Å². The summed E-state index contributed by atoms with van der Waals surface area (Å²) in [5.74, 6) is 7.44. The summed E-state index contributed by atoms with van der Waals surface area (Å²) < 4.78 is 10.9. The molecule has 8 heteroatoms. The molecule has 0 aliphatic heterocycles. The normalized spacial score (nSPS) is 10.3. The summed E-state index contributed by atoms with van der Waals surface area (Å²) in [5, 5.41) is 16.3. The van der Waals surface area contributed by atoms with Gasteiger partial charge in [-0.2, -0.15) is 0 Å². The number of nitrogens with zero attached hydrogens (tertiary/aromatic N) is 2. The van der Waals surface area contributed by atoms with Crippen LogP contribution in [0, 0.1) is 0 Å². The Bertz CT molecular complexity index is 938. The van der Waals surface area contributed by atoms with Crippen molar-refractivity contribution in [2.75, 3.05) is 0 Å². The molecule has 2 N–H and O–H groups in total. The third-order valence-corrected chi connectivity index (χ3v) is 3.84. The van der Waals surface area contributed by atoms with E-state index in [-0.39, 0.29) is 39.3 Å². The molecular formula is C23H30AlN3O4. The molecule has 7 nitrogen and oxygen atoms in total. The van der Waals surface area contributed by atoms with Crippen LogP contribution in [0.3, 0.4) is 0 Å². The van der Waals surface area contributed by atoms with Gasteiger partial charge < -0.3 is 19.7 Å². The summed E-state index contributed by atoms with van der Waals surface area (Å²) in [5.41, 5.74) is 2.61. The molecule has 1 amide bonds. The van der Waals surface area contributed by atoms with Crippen LogP contribution in [0.2, 0.25) is 17.4 Å². The topological polar surface area (TPSA) is 97.5 Å². The van der Waals surface area contributed by atoms with Crippen LogP contribution < -0.4 is 10.1 Å². The van der Waals surface area contributed by atoms with Crippen molar-refractivity contribution < 1.29 is 19.2 Å². The molecule has 0 atom stereocenters. The Morgan fingerprint density at radius 3 is 2.39 bits per heavy atom. The van der Waals surface area contributed by atoms with Gasteiger partial charge in [-0.25, -0.2) is 4.98 Å². The van der Waals surface area contributed by atoms with Gasteiger partial charge in [-0.05, 0) is 19.9 Å². The first-order valence-electron chi connectivity index (χ1n) is 10.3. The summed E-state index contributed by atoms with van der Waals surface area (Å²) in [6.45, 7) is 3.64. The van der Waals surface area contributed by atoms with E-state index in [0.717, 1.165) is 5.56 Å². The zero-order valence-corrected chi connectivity index (χ0v) is 19.9. The molecule has 0 aliphatic rings. The maximum absolute atomic E-state index is 12.0. The fourth-order valence-corrected chi connectivity index (χ4v) is 2.53. The third kappa shape index (κ3) is 7.83. The quantitative estimate of drug-likeness (QED) is 0.532. The van der Waals surface area contributed by atoms with E-state index in [1.54, 1.807) is 12.1 Å². The van der Waals surface area contributed by atoms with Gasteiger partial charge in [0.2, 0.25) is 5.88 Å². The first-order chi connectivity index (χ1) is 14.8. The van der Waals surface area contributed by atoms with Crippen molar-refractivity contribution in [3.05, 3.63) is 65.5 Å². The summed E-state index contributed by atoms with van der Waals surface area (Å²) in [7, 11) is 0.